The number of pyridine rings is 1. The first-order chi connectivity index (χ1) is 21.9. The maximum Gasteiger partial charge on any atom is 0.309 e. The molecule has 1 N–H and O–H groups in total. The Bertz CT molecular complexity index is 1490. The van der Waals surface area contributed by atoms with Gasteiger partial charge in [-0.15, -0.1) is 0 Å². The van der Waals surface area contributed by atoms with Gasteiger partial charge in [0.15, 0.2) is 11.6 Å². The summed E-state index contributed by atoms with van der Waals surface area (Å²) in [6.45, 7) is 8.94. The summed E-state index contributed by atoms with van der Waals surface area (Å²) >= 11 is 0. The number of halogens is 2. The number of rotatable bonds is 9. The monoisotopic (exact) mass is 619 g/mol. The lowest BCUT2D eigenvalue weighted by Gasteiger charge is -2.35. The predicted octanol–water partition coefficient (Wildman–Crippen LogP) is 6.49. The molecule has 3 atom stereocenters. The molecule has 3 aliphatic rings. The molecule has 6 rings (SSSR count). The van der Waals surface area contributed by atoms with E-state index in [0.717, 1.165) is 62.9 Å². The van der Waals surface area contributed by atoms with Crippen molar-refractivity contribution in [1.82, 2.24) is 15.2 Å². The molecule has 1 aromatic heterocycles. The first-order valence-electron chi connectivity index (χ1n) is 16.3. The van der Waals surface area contributed by atoms with E-state index in [1.165, 1.54) is 5.56 Å². The van der Waals surface area contributed by atoms with Crippen LogP contribution in [0.5, 0.6) is 5.75 Å². The van der Waals surface area contributed by atoms with Crippen LogP contribution >= 0.6 is 0 Å². The Balaban J connectivity index is 1.18. The smallest absolute Gasteiger partial charge is 0.309 e. The minimum Gasteiger partial charge on any atom is -0.488 e. The Morgan fingerprint density at radius 2 is 1.93 bits per heavy atom. The summed E-state index contributed by atoms with van der Waals surface area (Å²) in [5.74, 6) is -1.65. The second kappa shape index (κ2) is 14.4. The second-order valence-electron chi connectivity index (χ2n) is 12.5. The van der Waals surface area contributed by atoms with Gasteiger partial charge < -0.3 is 19.5 Å². The molecule has 240 valence electrons. The van der Waals surface area contributed by atoms with Gasteiger partial charge in [-0.05, 0) is 94.3 Å². The standard InChI is InChI=1S/C36H43F2N3O4/c1-3-44-36(42)26-10-14-39-31(19-26)35-33(34(38)30(37)20-40-35)29-6-4-5-7-32(29)45-21-27-9-8-25(18-23(27)2)24-11-15-41(16-12-24)28-13-17-43-22-28/h4-9,18,20,24,26,28,31,39H,3,10-17,19,21-22H2,1-2H3. The zero-order valence-corrected chi connectivity index (χ0v) is 26.2. The van der Waals surface area contributed by atoms with E-state index < -0.39 is 17.7 Å². The fraction of sp³-hybridized carbons (Fsp3) is 0.500. The lowest BCUT2D eigenvalue weighted by molar-refractivity contribution is -0.149. The van der Waals surface area contributed by atoms with Gasteiger partial charge in [0.1, 0.15) is 12.4 Å². The maximum absolute atomic E-state index is 15.6. The van der Waals surface area contributed by atoms with E-state index in [1.54, 1.807) is 25.1 Å². The van der Waals surface area contributed by atoms with Crippen LogP contribution in [0.4, 0.5) is 8.78 Å². The Morgan fingerprint density at radius 3 is 2.69 bits per heavy atom. The number of benzene rings is 2. The average Bonchev–Trinajstić information content (AvgIpc) is 3.61. The number of nitrogens with zero attached hydrogens (tertiary/aromatic N) is 2. The molecule has 9 heteroatoms. The zero-order chi connectivity index (χ0) is 31.3. The van der Waals surface area contributed by atoms with Gasteiger partial charge in [0.25, 0.3) is 0 Å². The highest BCUT2D eigenvalue weighted by Crippen LogP contribution is 2.40. The third-order valence-corrected chi connectivity index (χ3v) is 9.69. The van der Waals surface area contributed by atoms with E-state index in [1.807, 2.05) is 6.07 Å². The average molecular weight is 620 g/mol. The summed E-state index contributed by atoms with van der Waals surface area (Å²) in [4.78, 5) is 19.4. The number of hydrogen-bond acceptors (Lipinski definition) is 7. The normalized spacial score (nSPS) is 22.8. The summed E-state index contributed by atoms with van der Waals surface area (Å²) < 4.78 is 47.4. The van der Waals surface area contributed by atoms with Crippen LogP contribution in [0.15, 0.2) is 48.7 Å². The van der Waals surface area contributed by atoms with Crippen LogP contribution in [0.2, 0.25) is 0 Å². The number of esters is 1. The second-order valence-corrected chi connectivity index (χ2v) is 12.5. The largest absolute Gasteiger partial charge is 0.488 e. The van der Waals surface area contributed by atoms with Gasteiger partial charge in [0.2, 0.25) is 0 Å². The van der Waals surface area contributed by atoms with Crippen molar-refractivity contribution < 1.29 is 27.8 Å². The summed E-state index contributed by atoms with van der Waals surface area (Å²) in [6.07, 6.45) is 5.33. The van der Waals surface area contributed by atoms with E-state index in [9.17, 15) is 9.18 Å². The fourth-order valence-corrected chi connectivity index (χ4v) is 7.10. The highest BCUT2D eigenvalue weighted by atomic mass is 19.2. The minimum absolute atomic E-state index is 0.0511. The van der Waals surface area contributed by atoms with Crippen LogP contribution in [-0.4, -0.2) is 61.3 Å². The Morgan fingerprint density at radius 1 is 1.11 bits per heavy atom. The van der Waals surface area contributed by atoms with Crippen molar-refractivity contribution in [3.8, 4) is 16.9 Å². The van der Waals surface area contributed by atoms with Crippen molar-refractivity contribution in [3.63, 3.8) is 0 Å². The number of piperidine rings is 2. The number of carbonyl (C=O) groups excluding carboxylic acids is 1. The van der Waals surface area contributed by atoms with Gasteiger partial charge >= 0.3 is 5.97 Å². The molecule has 7 nitrogen and oxygen atoms in total. The molecule has 3 aromatic rings. The van der Waals surface area contributed by atoms with Crippen molar-refractivity contribution >= 4 is 5.97 Å². The SMILES string of the molecule is CCOC(=O)C1CCNC(c2ncc(F)c(F)c2-c2ccccc2OCc2ccc(C3CCN(C4CCOC4)CC3)cc2C)C1. The number of likely N-dealkylation sites (tertiary alicyclic amines) is 1. The van der Waals surface area contributed by atoms with Crippen molar-refractivity contribution in [2.24, 2.45) is 5.92 Å². The van der Waals surface area contributed by atoms with E-state index >= 15 is 4.39 Å². The Hall–Kier alpha value is -3.40. The first-order valence-corrected chi connectivity index (χ1v) is 16.3. The van der Waals surface area contributed by atoms with Crippen molar-refractivity contribution in [3.05, 3.63) is 82.7 Å². The summed E-state index contributed by atoms with van der Waals surface area (Å²) in [6, 6.07) is 13.8. The number of ether oxygens (including phenoxy) is 3. The molecule has 0 saturated carbocycles. The topological polar surface area (TPSA) is 72.9 Å². The molecule has 3 fully saturated rings. The van der Waals surface area contributed by atoms with Crippen LogP contribution in [0.3, 0.4) is 0 Å². The van der Waals surface area contributed by atoms with Crippen LogP contribution in [0.25, 0.3) is 11.1 Å². The summed E-state index contributed by atoms with van der Waals surface area (Å²) in [5, 5.41) is 3.34. The third kappa shape index (κ3) is 7.05. The van der Waals surface area contributed by atoms with Gasteiger partial charge in [-0.3, -0.25) is 14.7 Å². The number of aryl methyl sites for hydroxylation is 1. The molecule has 0 bridgehead atoms. The zero-order valence-electron chi connectivity index (χ0n) is 26.2. The molecular weight excluding hydrogens is 576 g/mol. The molecular formula is C36H43F2N3O4. The number of nitrogens with one attached hydrogen (secondary N) is 1. The molecule has 3 aliphatic heterocycles. The molecule has 0 spiro atoms. The van der Waals surface area contributed by atoms with E-state index in [2.05, 4.69) is 40.3 Å². The number of hydrogen-bond donors (Lipinski definition) is 1. The Labute approximate surface area is 264 Å². The van der Waals surface area contributed by atoms with Gasteiger partial charge in [-0.2, -0.15) is 0 Å². The van der Waals surface area contributed by atoms with E-state index in [4.69, 9.17) is 14.2 Å². The first kappa shape index (κ1) is 31.6. The van der Waals surface area contributed by atoms with Crippen molar-refractivity contribution in [1.29, 1.82) is 0 Å². The fourth-order valence-electron chi connectivity index (χ4n) is 7.10. The van der Waals surface area contributed by atoms with Gasteiger partial charge in [0, 0.05) is 23.8 Å². The van der Waals surface area contributed by atoms with Crippen LogP contribution in [0.1, 0.15) is 73.4 Å². The summed E-state index contributed by atoms with van der Waals surface area (Å²) in [7, 11) is 0. The van der Waals surface area contributed by atoms with Gasteiger partial charge in [-0.25, -0.2) is 8.78 Å². The molecule has 2 aromatic carbocycles. The molecule has 0 amide bonds. The lowest BCUT2D eigenvalue weighted by Crippen LogP contribution is -2.41. The van der Waals surface area contributed by atoms with Crippen molar-refractivity contribution in [2.75, 3.05) is 39.5 Å². The molecule has 4 heterocycles. The maximum atomic E-state index is 15.6. The summed E-state index contributed by atoms with van der Waals surface area (Å²) in [5.41, 5.74) is 4.37. The van der Waals surface area contributed by atoms with Crippen LogP contribution < -0.4 is 10.1 Å². The molecule has 3 saturated heterocycles. The Kier molecular flexibility index (Phi) is 10.1. The molecule has 3 unspecified atom stereocenters. The van der Waals surface area contributed by atoms with Crippen molar-refractivity contribution in [2.45, 2.75) is 70.6 Å². The number of carbonyl (C=O) groups is 1. The number of aromatic nitrogens is 1. The van der Waals surface area contributed by atoms with Gasteiger partial charge in [0.05, 0.1) is 37.1 Å². The quantitative estimate of drug-likeness (QED) is 0.275. The van der Waals surface area contributed by atoms with E-state index in [-0.39, 0.29) is 24.1 Å². The minimum atomic E-state index is -1.03. The van der Waals surface area contributed by atoms with Crippen LogP contribution in [-0.2, 0) is 20.9 Å². The number of para-hydroxylation sites is 1. The molecule has 45 heavy (non-hydrogen) atoms. The van der Waals surface area contributed by atoms with Crippen LogP contribution in [0, 0.1) is 24.5 Å². The molecule has 0 aliphatic carbocycles. The third-order valence-electron chi connectivity index (χ3n) is 9.69. The van der Waals surface area contributed by atoms with Gasteiger partial charge in [-0.1, -0.05) is 36.4 Å². The highest BCUT2D eigenvalue weighted by molar-refractivity contribution is 5.75. The highest BCUT2D eigenvalue weighted by Gasteiger charge is 2.33. The lowest BCUT2D eigenvalue weighted by atomic mass is 9.87. The molecule has 0 radical (unpaired) electrons. The van der Waals surface area contributed by atoms with E-state index in [0.29, 0.717) is 55.0 Å². The predicted molar refractivity (Wildman–Crippen MR) is 168 cm³/mol.